The maximum absolute atomic E-state index is 8.83. The smallest absolute Gasteiger partial charge is 0.258 e. The molecule has 0 amide bonds. The van der Waals surface area contributed by atoms with E-state index in [2.05, 4.69) is 16.2 Å². The predicted molar refractivity (Wildman–Crippen MR) is 68.0 cm³/mol. The summed E-state index contributed by atoms with van der Waals surface area (Å²) < 4.78 is 5.16. The molecule has 4 nitrogen and oxygen atoms in total. The molecule has 5 heteroatoms. The number of alkyl halides is 1. The molecule has 0 aliphatic carbocycles. The van der Waals surface area contributed by atoms with Gasteiger partial charge in [-0.1, -0.05) is 24.6 Å². The zero-order valence-corrected chi connectivity index (χ0v) is 10.7. The van der Waals surface area contributed by atoms with Crippen molar-refractivity contribution in [1.82, 2.24) is 10.1 Å². The van der Waals surface area contributed by atoms with Crippen LogP contribution in [0.2, 0.25) is 0 Å². The summed E-state index contributed by atoms with van der Waals surface area (Å²) in [6, 6.07) is 9.10. The second-order valence-electron chi connectivity index (χ2n) is 3.91. The summed E-state index contributed by atoms with van der Waals surface area (Å²) in [5.74, 6) is 0.889. The molecular formula is C13H12ClN3O. The largest absolute Gasteiger partial charge is 0.334 e. The molecule has 0 fully saturated rings. The van der Waals surface area contributed by atoms with Gasteiger partial charge in [-0.3, -0.25) is 0 Å². The summed E-state index contributed by atoms with van der Waals surface area (Å²) in [7, 11) is 0. The molecule has 0 saturated heterocycles. The van der Waals surface area contributed by atoms with Gasteiger partial charge in [-0.2, -0.15) is 10.2 Å². The number of nitriles is 1. The van der Waals surface area contributed by atoms with Gasteiger partial charge < -0.3 is 4.52 Å². The van der Waals surface area contributed by atoms with Gasteiger partial charge >= 0.3 is 0 Å². The van der Waals surface area contributed by atoms with Crippen molar-refractivity contribution in [1.29, 1.82) is 5.26 Å². The molecule has 0 spiro atoms. The van der Waals surface area contributed by atoms with Crippen LogP contribution in [0.1, 0.15) is 36.5 Å². The third kappa shape index (κ3) is 2.69. The summed E-state index contributed by atoms with van der Waals surface area (Å²) in [5, 5.41) is 12.5. The summed E-state index contributed by atoms with van der Waals surface area (Å²) in [6.07, 6.45) is 1.76. The van der Waals surface area contributed by atoms with Gasteiger partial charge in [0.05, 0.1) is 17.0 Å². The molecule has 0 saturated carbocycles. The van der Waals surface area contributed by atoms with E-state index in [-0.39, 0.29) is 5.38 Å². The Morgan fingerprint density at radius 2 is 2.33 bits per heavy atom. The van der Waals surface area contributed by atoms with Crippen molar-refractivity contribution in [3.8, 4) is 17.5 Å². The minimum Gasteiger partial charge on any atom is -0.334 e. The van der Waals surface area contributed by atoms with Crippen LogP contribution in [0.15, 0.2) is 28.8 Å². The summed E-state index contributed by atoms with van der Waals surface area (Å²) in [4.78, 5) is 4.26. The van der Waals surface area contributed by atoms with E-state index in [0.29, 0.717) is 17.3 Å². The van der Waals surface area contributed by atoms with E-state index < -0.39 is 0 Å². The predicted octanol–water partition coefficient (Wildman–Crippen LogP) is 3.69. The molecule has 2 aromatic rings. The van der Waals surface area contributed by atoms with Crippen LogP contribution in [0, 0.1) is 11.3 Å². The normalized spacial score (nSPS) is 12.1. The van der Waals surface area contributed by atoms with Crippen LogP contribution in [0.5, 0.6) is 0 Å². The maximum atomic E-state index is 8.83. The van der Waals surface area contributed by atoms with Crippen molar-refractivity contribution in [2.45, 2.75) is 25.1 Å². The summed E-state index contributed by atoms with van der Waals surface area (Å²) in [5.41, 5.74) is 1.29. The molecule has 92 valence electrons. The Morgan fingerprint density at radius 1 is 1.50 bits per heavy atom. The van der Waals surface area contributed by atoms with Crippen molar-refractivity contribution >= 4 is 11.6 Å². The fraction of sp³-hybridized carbons (Fsp3) is 0.308. The third-order valence-corrected chi connectivity index (χ3v) is 2.92. The van der Waals surface area contributed by atoms with Gasteiger partial charge in [-0.25, -0.2) is 0 Å². The average molecular weight is 262 g/mol. The van der Waals surface area contributed by atoms with Gasteiger partial charge in [0, 0.05) is 5.56 Å². The second kappa shape index (κ2) is 5.65. The molecule has 18 heavy (non-hydrogen) atoms. The zero-order chi connectivity index (χ0) is 13.0. The fourth-order valence-corrected chi connectivity index (χ4v) is 1.89. The molecule has 0 bridgehead atoms. The maximum Gasteiger partial charge on any atom is 0.258 e. The van der Waals surface area contributed by atoms with E-state index in [1.165, 1.54) is 0 Å². The molecule has 1 aromatic carbocycles. The lowest BCUT2D eigenvalue weighted by Gasteiger charge is -1.99. The van der Waals surface area contributed by atoms with Crippen LogP contribution >= 0.6 is 11.6 Å². The molecule has 1 atom stereocenters. The Labute approximate surface area is 110 Å². The minimum absolute atomic E-state index is 0.230. The molecular weight excluding hydrogens is 250 g/mol. The third-order valence-electron chi connectivity index (χ3n) is 2.50. The Hall–Kier alpha value is -1.86. The lowest BCUT2D eigenvalue weighted by Crippen LogP contribution is -1.92. The molecule has 1 aromatic heterocycles. The summed E-state index contributed by atoms with van der Waals surface area (Å²) >= 11 is 6.13. The highest BCUT2D eigenvalue weighted by molar-refractivity contribution is 6.20. The van der Waals surface area contributed by atoms with Crippen LogP contribution in [0.25, 0.3) is 11.5 Å². The number of nitrogens with zero attached hydrogens (tertiary/aromatic N) is 3. The first kappa shape index (κ1) is 12.6. The molecule has 0 N–H and O–H groups in total. The van der Waals surface area contributed by atoms with Crippen molar-refractivity contribution < 1.29 is 4.52 Å². The molecule has 0 aliphatic heterocycles. The van der Waals surface area contributed by atoms with Crippen LogP contribution < -0.4 is 0 Å². The van der Waals surface area contributed by atoms with E-state index in [9.17, 15) is 0 Å². The van der Waals surface area contributed by atoms with Gasteiger partial charge in [-0.15, -0.1) is 11.6 Å². The van der Waals surface area contributed by atoms with Gasteiger partial charge in [-0.05, 0) is 24.6 Å². The summed E-state index contributed by atoms with van der Waals surface area (Å²) in [6.45, 7) is 2.05. The Bertz CT molecular complexity index is 574. The van der Waals surface area contributed by atoms with Crippen molar-refractivity contribution in [2.75, 3.05) is 0 Å². The van der Waals surface area contributed by atoms with E-state index in [4.69, 9.17) is 21.4 Å². The highest BCUT2D eigenvalue weighted by Gasteiger charge is 2.15. The molecule has 0 aliphatic rings. The monoisotopic (exact) mass is 261 g/mol. The van der Waals surface area contributed by atoms with Crippen LogP contribution in [-0.4, -0.2) is 10.1 Å². The van der Waals surface area contributed by atoms with E-state index in [1.807, 2.05) is 13.0 Å². The molecule has 0 radical (unpaired) electrons. The Morgan fingerprint density at radius 3 is 3.06 bits per heavy atom. The average Bonchev–Trinajstić information content (AvgIpc) is 2.89. The number of hydrogen-bond acceptors (Lipinski definition) is 4. The first-order chi connectivity index (χ1) is 8.74. The SMILES string of the molecule is CCCC(Cl)c1noc(-c2cccc(C#N)c2)n1. The van der Waals surface area contributed by atoms with E-state index in [1.54, 1.807) is 18.2 Å². The number of rotatable bonds is 4. The minimum atomic E-state index is -0.230. The Balaban J connectivity index is 2.26. The van der Waals surface area contributed by atoms with E-state index in [0.717, 1.165) is 18.4 Å². The highest BCUT2D eigenvalue weighted by Crippen LogP contribution is 2.26. The van der Waals surface area contributed by atoms with Gasteiger partial charge in [0.15, 0.2) is 5.82 Å². The number of aromatic nitrogens is 2. The lowest BCUT2D eigenvalue weighted by molar-refractivity contribution is 0.420. The van der Waals surface area contributed by atoms with Gasteiger partial charge in [0.25, 0.3) is 5.89 Å². The first-order valence-corrected chi connectivity index (χ1v) is 6.16. The molecule has 1 unspecified atom stereocenters. The Kier molecular flexibility index (Phi) is 3.96. The van der Waals surface area contributed by atoms with Crippen LogP contribution in [-0.2, 0) is 0 Å². The number of hydrogen-bond donors (Lipinski definition) is 0. The lowest BCUT2D eigenvalue weighted by atomic mass is 10.1. The first-order valence-electron chi connectivity index (χ1n) is 5.72. The fourth-order valence-electron chi connectivity index (χ4n) is 1.58. The van der Waals surface area contributed by atoms with E-state index >= 15 is 0 Å². The van der Waals surface area contributed by atoms with Gasteiger partial charge in [0.2, 0.25) is 0 Å². The second-order valence-corrected chi connectivity index (χ2v) is 4.43. The molecule has 1 heterocycles. The topological polar surface area (TPSA) is 62.7 Å². The van der Waals surface area contributed by atoms with Crippen molar-refractivity contribution in [3.05, 3.63) is 35.7 Å². The van der Waals surface area contributed by atoms with Crippen molar-refractivity contribution in [3.63, 3.8) is 0 Å². The highest BCUT2D eigenvalue weighted by atomic mass is 35.5. The van der Waals surface area contributed by atoms with Crippen LogP contribution in [0.3, 0.4) is 0 Å². The van der Waals surface area contributed by atoms with Crippen LogP contribution in [0.4, 0.5) is 0 Å². The quantitative estimate of drug-likeness (QED) is 0.788. The van der Waals surface area contributed by atoms with Crippen molar-refractivity contribution in [2.24, 2.45) is 0 Å². The number of halogens is 1. The molecule has 2 rings (SSSR count). The standard InChI is InChI=1S/C13H12ClN3O/c1-2-4-11(14)12-16-13(18-17-12)10-6-3-5-9(7-10)8-15/h3,5-7,11H,2,4H2,1H3. The van der Waals surface area contributed by atoms with Gasteiger partial charge in [0.1, 0.15) is 0 Å². The zero-order valence-electron chi connectivity index (χ0n) is 9.93. The number of benzene rings is 1.